The second kappa shape index (κ2) is 4.67. The monoisotopic (exact) mass is 213 g/mol. The van der Waals surface area contributed by atoms with Gasteiger partial charge < -0.3 is 10.5 Å². The molecule has 0 aromatic heterocycles. The van der Waals surface area contributed by atoms with Crippen LogP contribution in [0.15, 0.2) is 12.1 Å². The lowest BCUT2D eigenvalue weighted by Crippen LogP contribution is -2.09. The van der Waals surface area contributed by atoms with E-state index in [9.17, 15) is 0 Å². The molecule has 0 saturated heterocycles. The van der Waals surface area contributed by atoms with Crippen molar-refractivity contribution in [3.8, 4) is 5.75 Å². The summed E-state index contributed by atoms with van der Waals surface area (Å²) in [5.74, 6) is 0.868. The van der Waals surface area contributed by atoms with Crippen LogP contribution >= 0.6 is 11.6 Å². The Hall–Kier alpha value is -0.730. The molecule has 1 rings (SSSR count). The van der Waals surface area contributed by atoms with Crippen LogP contribution in [0.3, 0.4) is 0 Å². The van der Waals surface area contributed by atoms with Gasteiger partial charge in [0.1, 0.15) is 5.75 Å². The number of ether oxygens (including phenoxy) is 1. The topological polar surface area (TPSA) is 35.2 Å². The molecule has 1 aromatic carbocycles. The first-order valence-corrected chi connectivity index (χ1v) is 5.12. The van der Waals surface area contributed by atoms with Gasteiger partial charge in [-0.25, -0.2) is 0 Å². The predicted molar refractivity (Wildman–Crippen MR) is 60.0 cm³/mol. The Balaban J connectivity index is 3.21. The average Bonchev–Trinajstić information content (AvgIpc) is 2.09. The van der Waals surface area contributed by atoms with Gasteiger partial charge in [0.05, 0.1) is 6.61 Å². The molecule has 0 fully saturated rings. The fraction of sp³-hybridized carbons (Fsp3) is 0.455. The lowest BCUT2D eigenvalue weighted by atomic mass is 10.0. The minimum atomic E-state index is -0.0612. The fourth-order valence-electron chi connectivity index (χ4n) is 1.44. The third-order valence-corrected chi connectivity index (χ3v) is 2.27. The third kappa shape index (κ3) is 2.40. The Bertz CT molecular complexity index is 323. The van der Waals surface area contributed by atoms with Crippen LogP contribution in [-0.4, -0.2) is 6.61 Å². The molecule has 0 heterocycles. The molecule has 78 valence electrons. The average molecular weight is 214 g/mol. The first kappa shape index (κ1) is 11.3. The molecular formula is C11H16ClNO. The highest BCUT2D eigenvalue weighted by molar-refractivity contribution is 6.30. The molecule has 3 heteroatoms. The SMILES string of the molecule is CCOc1c(C)cc(Cl)cc1C(C)N. The first-order chi connectivity index (χ1) is 6.56. The van der Waals surface area contributed by atoms with E-state index in [1.165, 1.54) is 0 Å². The zero-order chi connectivity index (χ0) is 10.7. The van der Waals surface area contributed by atoms with Crippen LogP contribution in [0.2, 0.25) is 5.02 Å². The van der Waals surface area contributed by atoms with Gasteiger partial charge in [-0.2, -0.15) is 0 Å². The van der Waals surface area contributed by atoms with Gasteiger partial charge in [-0.15, -0.1) is 0 Å². The quantitative estimate of drug-likeness (QED) is 0.838. The van der Waals surface area contributed by atoms with Gasteiger partial charge in [0.2, 0.25) is 0 Å². The van der Waals surface area contributed by atoms with Gasteiger partial charge in [0.15, 0.2) is 0 Å². The molecule has 0 amide bonds. The van der Waals surface area contributed by atoms with Gasteiger partial charge >= 0.3 is 0 Å². The molecule has 0 aliphatic heterocycles. The number of hydrogen-bond acceptors (Lipinski definition) is 2. The van der Waals surface area contributed by atoms with Crippen LogP contribution < -0.4 is 10.5 Å². The fourth-order valence-corrected chi connectivity index (χ4v) is 1.72. The summed E-state index contributed by atoms with van der Waals surface area (Å²) >= 11 is 5.96. The molecule has 1 atom stereocenters. The van der Waals surface area contributed by atoms with Crippen molar-refractivity contribution in [2.24, 2.45) is 5.73 Å². The van der Waals surface area contributed by atoms with Crippen molar-refractivity contribution in [1.82, 2.24) is 0 Å². The number of hydrogen-bond donors (Lipinski definition) is 1. The van der Waals surface area contributed by atoms with Crippen molar-refractivity contribution in [2.75, 3.05) is 6.61 Å². The second-order valence-electron chi connectivity index (χ2n) is 3.36. The Morgan fingerprint density at radius 3 is 2.64 bits per heavy atom. The highest BCUT2D eigenvalue weighted by atomic mass is 35.5. The molecule has 0 bridgehead atoms. The number of rotatable bonds is 3. The first-order valence-electron chi connectivity index (χ1n) is 4.74. The van der Waals surface area contributed by atoms with Crippen molar-refractivity contribution >= 4 is 11.6 Å². The number of nitrogens with two attached hydrogens (primary N) is 1. The molecule has 0 saturated carbocycles. The molecular weight excluding hydrogens is 198 g/mol. The van der Waals surface area contributed by atoms with Crippen molar-refractivity contribution in [1.29, 1.82) is 0 Å². The largest absolute Gasteiger partial charge is 0.493 e. The van der Waals surface area contributed by atoms with Crippen molar-refractivity contribution in [2.45, 2.75) is 26.8 Å². The van der Waals surface area contributed by atoms with Crippen LogP contribution in [-0.2, 0) is 0 Å². The maximum atomic E-state index is 5.96. The summed E-state index contributed by atoms with van der Waals surface area (Å²) in [7, 11) is 0. The van der Waals surface area contributed by atoms with Crippen LogP contribution in [0.1, 0.15) is 31.0 Å². The van der Waals surface area contributed by atoms with Gasteiger partial charge in [0.25, 0.3) is 0 Å². The molecule has 0 aliphatic rings. The van der Waals surface area contributed by atoms with E-state index < -0.39 is 0 Å². The summed E-state index contributed by atoms with van der Waals surface area (Å²) in [4.78, 5) is 0. The summed E-state index contributed by atoms with van der Waals surface area (Å²) in [6.07, 6.45) is 0. The zero-order valence-electron chi connectivity index (χ0n) is 8.80. The minimum absolute atomic E-state index is 0.0612. The Labute approximate surface area is 90.0 Å². The molecule has 0 aliphatic carbocycles. The summed E-state index contributed by atoms with van der Waals surface area (Å²) in [6.45, 7) is 6.50. The standard InChI is InChI=1S/C11H16ClNO/c1-4-14-11-7(2)5-9(12)6-10(11)8(3)13/h5-6,8H,4,13H2,1-3H3. The zero-order valence-corrected chi connectivity index (χ0v) is 9.56. The summed E-state index contributed by atoms with van der Waals surface area (Å²) in [6, 6.07) is 3.69. The highest BCUT2D eigenvalue weighted by Gasteiger charge is 2.11. The van der Waals surface area contributed by atoms with Crippen LogP contribution in [0.5, 0.6) is 5.75 Å². The molecule has 1 unspecified atom stereocenters. The molecule has 0 spiro atoms. The number of aryl methyl sites for hydroxylation is 1. The maximum Gasteiger partial charge on any atom is 0.127 e. The normalized spacial score (nSPS) is 12.6. The summed E-state index contributed by atoms with van der Waals surface area (Å²) in [5.41, 5.74) is 7.85. The summed E-state index contributed by atoms with van der Waals surface area (Å²) in [5, 5.41) is 0.707. The Morgan fingerprint density at radius 2 is 2.14 bits per heavy atom. The van der Waals surface area contributed by atoms with E-state index in [0.29, 0.717) is 11.6 Å². The van der Waals surface area contributed by atoms with E-state index in [4.69, 9.17) is 22.1 Å². The number of benzene rings is 1. The molecule has 0 radical (unpaired) electrons. The molecule has 2 nitrogen and oxygen atoms in total. The van der Waals surface area contributed by atoms with Gasteiger partial charge in [-0.1, -0.05) is 11.6 Å². The predicted octanol–water partition coefficient (Wildman–Crippen LogP) is 3.07. The number of halogens is 1. The van der Waals surface area contributed by atoms with E-state index in [1.807, 2.05) is 32.9 Å². The van der Waals surface area contributed by atoms with Crippen LogP contribution in [0, 0.1) is 6.92 Å². The van der Waals surface area contributed by atoms with Crippen molar-refractivity contribution < 1.29 is 4.74 Å². The minimum Gasteiger partial charge on any atom is -0.493 e. The van der Waals surface area contributed by atoms with E-state index in [2.05, 4.69) is 0 Å². The lowest BCUT2D eigenvalue weighted by Gasteiger charge is -2.16. The van der Waals surface area contributed by atoms with Gasteiger partial charge in [0, 0.05) is 16.6 Å². The van der Waals surface area contributed by atoms with E-state index in [0.717, 1.165) is 16.9 Å². The van der Waals surface area contributed by atoms with Crippen molar-refractivity contribution in [3.63, 3.8) is 0 Å². The molecule has 1 aromatic rings. The molecule has 2 N–H and O–H groups in total. The van der Waals surface area contributed by atoms with E-state index in [-0.39, 0.29) is 6.04 Å². The van der Waals surface area contributed by atoms with Gasteiger partial charge in [-0.3, -0.25) is 0 Å². The summed E-state index contributed by atoms with van der Waals surface area (Å²) < 4.78 is 5.55. The Morgan fingerprint density at radius 1 is 1.50 bits per heavy atom. The van der Waals surface area contributed by atoms with Crippen LogP contribution in [0.4, 0.5) is 0 Å². The lowest BCUT2D eigenvalue weighted by molar-refractivity contribution is 0.332. The van der Waals surface area contributed by atoms with Crippen LogP contribution in [0.25, 0.3) is 0 Å². The smallest absolute Gasteiger partial charge is 0.127 e. The second-order valence-corrected chi connectivity index (χ2v) is 3.80. The van der Waals surface area contributed by atoms with Gasteiger partial charge in [-0.05, 0) is 38.5 Å². The van der Waals surface area contributed by atoms with E-state index >= 15 is 0 Å². The molecule has 14 heavy (non-hydrogen) atoms. The third-order valence-electron chi connectivity index (χ3n) is 2.05. The maximum absolute atomic E-state index is 5.96. The Kier molecular flexibility index (Phi) is 3.78. The highest BCUT2D eigenvalue weighted by Crippen LogP contribution is 2.31. The van der Waals surface area contributed by atoms with E-state index in [1.54, 1.807) is 0 Å². The van der Waals surface area contributed by atoms with Crippen molar-refractivity contribution in [3.05, 3.63) is 28.3 Å².